The van der Waals surface area contributed by atoms with E-state index in [4.69, 9.17) is 11.6 Å². The van der Waals surface area contributed by atoms with Gasteiger partial charge in [0.25, 0.3) is 11.6 Å². The summed E-state index contributed by atoms with van der Waals surface area (Å²) in [5, 5.41) is 11.7. The Hall–Kier alpha value is -3.24. The molecule has 0 aliphatic rings. The fourth-order valence-electron chi connectivity index (χ4n) is 3.29. The van der Waals surface area contributed by atoms with E-state index in [1.807, 2.05) is 0 Å². The molecule has 0 aliphatic carbocycles. The molecule has 0 saturated carbocycles. The van der Waals surface area contributed by atoms with Gasteiger partial charge in [0.1, 0.15) is 5.02 Å². The number of carbonyl (C=O) groups excluding carboxylic acids is 1. The Balaban J connectivity index is 2.86. The van der Waals surface area contributed by atoms with Crippen molar-refractivity contribution < 1.29 is 62.4 Å². The Morgan fingerprint density at radius 1 is 0.947 bits per heavy atom. The van der Waals surface area contributed by atoms with Gasteiger partial charge in [0.2, 0.25) is 0 Å². The second kappa shape index (κ2) is 9.81. The van der Waals surface area contributed by atoms with Gasteiger partial charge in [-0.3, -0.25) is 14.9 Å². The zero-order valence-corrected chi connectivity index (χ0v) is 18.9. The monoisotopic (exact) mass is 590 g/mol. The minimum Gasteiger partial charge on any atom is -0.321 e. The Kier molecular flexibility index (Phi) is 8.00. The van der Waals surface area contributed by atoms with E-state index >= 15 is 0 Å². The zero-order valence-electron chi connectivity index (χ0n) is 18.2. The number of nitro benzene ring substituents is 1. The van der Waals surface area contributed by atoms with Crippen LogP contribution in [0.1, 0.15) is 34.0 Å². The molecule has 0 aromatic heterocycles. The van der Waals surface area contributed by atoms with Gasteiger partial charge >= 0.3 is 30.1 Å². The predicted octanol–water partition coefficient (Wildman–Crippen LogP) is 8.01. The van der Waals surface area contributed by atoms with Gasteiger partial charge in [0, 0.05) is 11.6 Å². The van der Waals surface area contributed by atoms with Crippen molar-refractivity contribution in [1.82, 2.24) is 0 Å². The van der Waals surface area contributed by atoms with Crippen LogP contribution in [0.4, 0.5) is 64.1 Å². The summed E-state index contributed by atoms with van der Waals surface area (Å²) in [6.07, 6.45) is -20.9. The van der Waals surface area contributed by atoms with Crippen molar-refractivity contribution in [2.24, 2.45) is 0 Å². The molecule has 5 nitrogen and oxygen atoms in total. The second-order valence-electron chi connectivity index (χ2n) is 7.49. The van der Waals surface area contributed by atoms with Crippen molar-refractivity contribution >= 4 is 28.9 Å². The van der Waals surface area contributed by atoms with Gasteiger partial charge in [0.05, 0.1) is 21.7 Å². The first-order chi connectivity index (χ1) is 17.0. The summed E-state index contributed by atoms with van der Waals surface area (Å²) in [6, 6.07) is 1.25. The topological polar surface area (TPSA) is 72.2 Å². The van der Waals surface area contributed by atoms with Crippen molar-refractivity contribution in [3.05, 3.63) is 67.7 Å². The number of nitrogens with one attached hydrogen (secondary N) is 1. The van der Waals surface area contributed by atoms with Gasteiger partial charge in [0.15, 0.2) is 0 Å². The summed E-state index contributed by atoms with van der Waals surface area (Å²) in [5.74, 6) is -8.84. The van der Waals surface area contributed by atoms with E-state index in [1.54, 1.807) is 5.32 Å². The third-order valence-electron chi connectivity index (χ3n) is 5.14. The third kappa shape index (κ3) is 5.19. The Morgan fingerprint density at radius 3 is 1.92 bits per heavy atom. The first kappa shape index (κ1) is 31.0. The molecule has 18 heteroatoms. The van der Waals surface area contributed by atoms with Crippen LogP contribution in [0.15, 0.2) is 30.3 Å². The molecule has 210 valence electrons. The van der Waals surface area contributed by atoms with Gasteiger partial charge in [-0.05, 0) is 30.2 Å². The average Bonchev–Trinajstić information content (AvgIpc) is 2.75. The van der Waals surface area contributed by atoms with Crippen LogP contribution in [0.3, 0.4) is 0 Å². The second-order valence-corrected chi connectivity index (χ2v) is 7.87. The molecule has 1 unspecified atom stereocenters. The summed E-state index contributed by atoms with van der Waals surface area (Å²) in [7, 11) is 0. The van der Waals surface area contributed by atoms with Crippen LogP contribution < -0.4 is 5.32 Å². The fourth-order valence-corrected chi connectivity index (χ4v) is 3.57. The first-order valence-electron chi connectivity index (χ1n) is 9.71. The quantitative estimate of drug-likeness (QED) is 0.210. The molecule has 1 atom stereocenters. The molecule has 0 saturated heterocycles. The highest BCUT2D eigenvalue weighted by molar-refractivity contribution is 6.36. The van der Waals surface area contributed by atoms with Gasteiger partial charge < -0.3 is 5.32 Å². The third-order valence-corrected chi connectivity index (χ3v) is 5.54. The largest absolute Gasteiger partial charge is 0.457 e. The standard InChI is InChI=1S/C20H11ClF12N2O3/c1-2-8-6-9(16(22,19(28,29)30)18(26,27)20(31,32)33)7-11(17(23,24)25)14(8)34-15(36)10-4-3-5-12(13(10)21)35(37)38/h3-7H,2H2,1H3,(H,34,36). The number of hydrogen-bond acceptors (Lipinski definition) is 3. The number of rotatable bonds is 6. The van der Waals surface area contributed by atoms with Gasteiger partial charge in [-0.1, -0.05) is 24.6 Å². The summed E-state index contributed by atoms with van der Waals surface area (Å²) in [6.45, 7) is 0.907. The van der Waals surface area contributed by atoms with E-state index in [0.717, 1.165) is 25.1 Å². The minimum absolute atomic E-state index is 0.326. The number of hydrogen-bond donors (Lipinski definition) is 1. The normalized spacial score (nSPS) is 14.7. The van der Waals surface area contributed by atoms with Crippen molar-refractivity contribution in [2.45, 2.75) is 43.5 Å². The summed E-state index contributed by atoms with van der Waals surface area (Å²) < 4.78 is 163. The number of halogens is 13. The van der Waals surface area contributed by atoms with Crippen molar-refractivity contribution in [3.63, 3.8) is 0 Å². The summed E-state index contributed by atoms with van der Waals surface area (Å²) in [4.78, 5) is 22.5. The van der Waals surface area contributed by atoms with Crippen molar-refractivity contribution in [2.75, 3.05) is 5.32 Å². The molecule has 2 aromatic carbocycles. The predicted molar refractivity (Wildman–Crippen MR) is 107 cm³/mol. The van der Waals surface area contributed by atoms with E-state index < -0.39 is 92.1 Å². The molecule has 2 aromatic rings. The number of aryl methyl sites for hydroxylation is 1. The molecule has 0 radical (unpaired) electrons. The van der Waals surface area contributed by atoms with Crippen molar-refractivity contribution in [1.29, 1.82) is 0 Å². The van der Waals surface area contributed by atoms with Gasteiger partial charge in [-0.2, -0.15) is 48.3 Å². The number of anilines is 1. The lowest BCUT2D eigenvalue weighted by Crippen LogP contribution is -2.59. The number of alkyl halides is 12. The number of amides is 1. The maximum atomic E-state index is 14.9. The molecule has 0 heterocycles. The zero-order chi connectivity index (χ0) is 29.6. The number of nitrogens with zero attached hydrogens (tertiary/aromatic N) is 1. The van der Waals surface area contributed by atoms with Gasteiger partial charge in [-0.15, -0.1) is 0 Å². The smallest absolute Gasteiger partial charge is 0.321 e. The first-order valence-corrected chi connectivity index (χ1v) is 10.1. The maximum absolute atomic E-state index is 14.9. The summed E-state index contributed by atoms with van der Waals surface area (Å²) in [5.41, 5.74) is -16.1. The van der Waals surface area contributed by atoms with E-state index in [9.17, 15) is 67.6 Å². The summed E-state index contributed by atoms with van der Waals surface area (Å²) >= 11 is 5.71. The lowest BCUT2D eigenvalue weighted by molar-refractivity contribution is -0.389. The highest BCUT2D eigenvalue weighted by atomic mass is 35.5. The molecule has 0 fully saturated rings. The molecule has 1 N–H and O–H groups in total. The molecule has 0 bridgehead atoms. The Morgan fingerprint density at radius 2 is 1.50 bits per heavy atom. The molecule has 1 amide bonds. The van der Waals surface area contributed by atoms with Gasteiger partial charge in [-0.25, -0.2) is 4.39 Å². The van der Waals surface area contributed by atoms with Crippen LogP contribution in [0.5, 0.6) is 0 Å². The van der Waals surface area contributed by atoms with Crippen LogP contribution >= 0.6 is 11.6 Å². The van der Waals surface area contributed by atoms with Crippen molar-refractivity contribution in [3.8, 4) is 0 Å². The molecule has 38 heavy (non-hydrogen) atoms. The van der Waals surface area contributed by atoms with E-state index in [-0.39, 0.29) is 6.07 Å². The Bertz CT molecular complexity index is 1260. The van der Waals surface area contributed by atoms with Crippen LogP contribution in [-0.2, 0) is 18.3 Å². The Labute approximate surface area is 208 Å². The van der Waals surface area contributed by atoms with Crippen LogP contribution in [0.2, 0.25) is 5.02 Å². The number of nitro groups is 1. The van der Waals surface area contributed by atoms with Crippen LogP contribution in [0.25, 0.3) is 0 Å². The molecule has 0 aliphatic heterocycles. The molecule has 0 spiro atoms. The lowest BCUT2D eigenvalue weighted by atomic mass is 9.84. The van der Waals surface area contributed by atoms with Crippen LogP contribution in [0, 0.1) is 10.1 Å². The lowest BCUT2D eigenvalue weighted by Gasteiger charge is -2.36. The maximum Gasteiger partial charge on any atom is 0.457 e. The van der Waals surface area contributed by atoms with E-state index in [0.29, 0.717) is 0 Å². The number of carbonyl (C=O) groups is 1. The molecule has 2 rings (SSSR count). The fraction of sp³-hybridized carbons (Fsp3) is 0.350. The number of benzene rings is 2. The van der Waals surface area contributed by atoms with E-state index in [1.165, 1.54) is 0 Å². The van der Waals surface area contributed by atoms with E-state index in [2.05, 4.69) is 0 Å². The van der Waals surface area contributed by atoms with Crippen LogP contribution in [-0.4, -0.2) is 29.1 Å². The molecular weight excluding hydrogens is 580 g/mol. The minimum atomic E-state index is -7.24. The average molecular weight is 591 g/mol. The molecular formula is C20H11ClF12N2O3. The SMILES string of the molecule is CCc1cc(C(F)(C(F)(F)F)C(F)(F)C(F)(F)F)cc(C(F)(F)F)c1NC(=O)c1cccc([N+](=O)[O-])c1Cl. The highest BCUT2D eigenvalue weighted by Gasteiger charge is 2.81. The highest BCUT2D eigenvalue weighted by Crippen LogP contribution is 2.59.